The predicted octanol–water partition coefficient (Wildman–Crippen LogP) is 5.16. The van der Waals surface area contributed by atoms with Crippen LogP contribution in [0.1, 0.15) is 18.1 Å². The van der Waals surface area contributed by atoms with Crippen LogP contribution in [-0.4, -0.2) is 41.2 Å². The fourth-order valence-electron chi connectivity index (χ4n) is 3.21. The minimum atomic E-state index is -0.439. The van der Waals surface area contributed by atoms with E-state index in [0.29, 0.717) is 17.1 Å². The third kappa shape index (κ3) is 7.06. The highest BCUT2D eigenvalue weighted by atomic mass is 32.2. The summed E-state index contributed by atoms with van der Waals surface area (Å²) in [4.78, 5) is 23.3. The number of aromatic nitrogens is 2. The number of methoxy groups -OCH3 is 1. The molecule has 0 atom stereocenters. The number of nitrogens with one attached hydrogen (secondary N) is 1. The van der Waals surface area contributed by atoms with Gasteiger partial charge in [0.05, 0.1) is 19.1 Å². The van der Waals surface area contributed by atoms with Crippen LogP contribution >= 0.6 is 34.9 Å². The van der Waals surface area contributed by atoms with Gasteiger partial charge < -0.3 is 9.47 Å². The molecule has 1 N–H and O–H groups in total. The van der Waals surface area contributed by atoms with Gasteiger partial charge in [-0.3, -0.25) is 9.59 Å². The van der Waals surface area contributed by atoms with E-state index in [0.717, 1.165) is 14.4 Å². The fourth-order valence-corrected chi connectivity index (χ4v) is 6.03. The van der Waals surface area contributed by atoms with Crippen LogP contribution in [0, 0.1) is 0 Å². The molecule has 0 radical (unpaired) electrons. The SMILES string of the molecule is COc1cc(/C=N\NC(=O)CSc2nnc(SCc3cccc4ccccc34)s2)ccc1OC(C)=O. The largest absolute Gasteiger partial charge is 0.493 e. The van der Waals surface area contributed by atoms with Crippen LogP contribution in [0.2, 0.25) is 0 Å². The highest BCUT2D eigenvalue weighted by Crippen LogP contribution is 2.32. The summed E-state index contributed by atoms with van der Waals surface area (Å²) in [5, 5.41) is 14.9. The summed E-state index contributed by atoms with van der Waals surface area (Å²) in [6.45, 7) is 1.32. The maximum atomic E-state index is 12.2. The number of hydrogen-bond donors (Lipinski definition) is 1. The Bertz CT molecular complexity index is 1400. The summed E-state index contributed by atoms with van der Waals surface area (Å²) in [6.07, 6.45) is 1.48. The number of esters is 1. The number of hydrazone groups is 1. The van der Waals surface area contributed by atoms with Gasteiger partial charge in [-0.05, 0) is 40.1 Å². The van der Waals surface area contributed by atoms with Crippen molar-refractivity contribution in [3.8, 4) is 11.5 Å². The molecule has 184 valence electrons. The first-order valence-electron chi connectivity index (χ1n) is 10.8. The van der Waals surface area contributed by atoms with Crippen molar-refractivity contribution >= 4 is 63.7 Å². The molecular formula is C25H22N4O4S3. The van der Waals surface area contributed by atoms with Gasteiger partial charge in [-0.25, -0.2) is 5.43 Å². The molecule has 0 saturated carbocycles. The van der Waals surface area contributed by atoms with Gasteiger partial charge in [0, 0.05) is 12.7 Å². The van der Waals surface area contributed by atoms with Gasteiger partial charge in [0.1, 0.15) is 0 Å². The van der Waals surface area contributed by atoms with E-state index in [2.05, 4.69) is 51.1 Å². The predicted molar refractivity (Wildman–Crippen MR) is 144 cm³/mol. The molecule has 36 heavy (non-hydrogen) atoms. The quantitative estimate of drug-likeness (QED) is 0.0971. The molecule has 4 aromatic rings. The summed E-state index contributed by atoms with van der Waals surface area (Å²) < 4.78 is 11.9. The smallest absolute Gasteiger partial charge is 0.308 e. The molecule has 1 aromatic heterocycles. The zero-order valence-electron chi connectivity index (χ0n) is 19.5. The average molecular weight is 539 g/mol. The van der Waals surface area contributed by atoms with E-state index in [1.807, 2.05) is 12.1 Å². The fraction of sp³-hybridized carbons (Fsp3) is 0.160. The van der Waals surface area contributed by atoms with Crippen molar-refractivity contribution < 1.29 is 19.1 Å². The molecule has 0 aliphatic carbocycles. The molecule has 0 bridgehead atoms. The Morgan fingerprint density at radius 3 is 2.61 bits per heavy atom. The van der Waals surface area contributed by atoms with Crippen LogP contribution in [-0.2, 0) is 15.3 Å². The lowest BCUT2D eigenvalue weighted by Gasteiger charge is -2.08. The topological polar surface area (TPSA) is 103 Å². The number of carbonyl (C=O) groups is 2. The Kier molecular flexibility index (Phi) is 8.93. The van der Waals surface area contributed by atoms with Crippen molar-refractivity contribution in [2.45, 2.75) is 21.4 Å². The van der Waals surface area contributed by atoms with Crippen molar-refractivity contribution in [1.82, 2.24) is 15.6 Å². The summed E-state index contributed by atoms with van der Waals surface area (Å²) in [5.74, 6) is 0.957. The van der Waals surface area contributed by atoms with Crippen molar-refractivity contribution in [3.05, 3.63) is 71.8 Å². The molecule has 0 saturated heterocycles. The Morgan fingerprint density at radius 2 is 1.81 bits per heavy atom. The van der Waals surface area contributed by atoms with E-state index in [9.17, 15) is 9.59 Å². The average Bonchev–Trinajstić information content (AvgIpc) is 3.34. The second-order valence-corrected chi connectivity index (χ2v) is 10.8. The number of amides is 1. The molecule has 8 nitrogen and oxygen atoms in total. The Balaban J connectivity index is 1.25. The van der Waals surface area contributed by atoms with Gasteiger partial charge in [-0.2, -0.15) is 5.10 Å². The maximum Gasteiger partial charge on any atom is 0.308 e. The van der Waals surface area contributed by atoms with Gasteiger partial charge in [0.15, 0.2) is 20.2 Å². The Morgan fingerprint density at radius 1 is 1.03 bits per heavy atom. The zero-order chi connectivity index (χ0) is 25.3. The van der Waals surface area contributed by atoms with Gasteiger partial charge in [-0.15, -0.1) is 10.2 Å². The highest BCUT2D eigenvalue weighted by molar-refractivity contribution is 8.03. The lowest BCUT2D eigenvalue weighted by Crippen LogP contribution is -2.19. The summed E-state index contributed by atoms with van der Waals surface area (Å²) in [7, 11) is 1.48. The summed E-state index contributed by atoms with van der Waals surface area (Å²) in [6, 6.07) is 19.6. The second kappa shape index (κ2) is 12.5. The molecule has 1 heterocycles. The third-order valence-electron chi connectivity index (χ3n) is 4.79. The summed E-state index contributed by atoms with van der Waals surface area (Å²) >= 11 is 4.41. The number of thioether (sulfide) groups is 2. The van der Waals surface area contributed by atoms with E-state index < -0.39 is 5.97 Å². The van der Waals surface area contributed by atoms with Crippen molar-refractivity contribution in [2.24, 2.45) is 5.10 Å². The first-order chi connectivity index (χ1) is 17.5. The first-order valence-corrected chi connectivity index (χ1v) is 13.5. The van der Waals surface area contributed by atoms with Gasteiger partial charge >= 0.3 is 5.97 Å². The number of nitrogens with zero attached hydrogens (tertiary/aromatic N) is 3. The second-order valence-electron chi connectivity index (χ2n) is 7.35. The van der Waals surface area contributed by atoms with Crippen LogP contribution in [0.5, 0.6) is 11.5 Å². The number of ether oxygens (including phenoxy) is 2. The van der Waals surface area contributed by atoms with Gasteiger partial charge in [0.2, 0.25) is 0 Å². The van der Waals surface area contributed by atoms with Crippen molar-refractivity contribution in [3.63, 3.8) is 0 Å². The lowest BCUT2D eigenvalue weighted by atomic mass is 10.1. The number of fused-ring (bicyclic) bond motifs is 1. The normalized spacial score (nSPS) is 11.1. The van der Waals surface area contributed by atoms with Crippen LogP contribution in [0.3, 0.4) is 0 Å². The lowest BCUT2D eigenvalue weighted by molar-refractivity contribution is -0.132. The highest BCUT2D eigenvalue weighted by Gasteiger charge is 2.10. The van der Waals surface area contributed by atoms with Crippen LogP contribution in [0.15, 0.2) is 74.4 Å². The number of benzene rings is 3. The van der Waals surface area contributed by atoms with E-state index in [1.54, 1.807) is 30.0 Å². The molecule has 0 unspecified atom stereocenters. The van der Waals surface area contributed by atoms with Crippen LogP contribution in [0.25, 0.3) is 10.8 Å². The first kappa shape index (κ1) is 25.7. The van der Waals surface area contributed by atoms with E-state index in [4.69, 9.17) is 9.47 Å². The molecule has 0 spiro atoms. The van der Waals surface area contributed by atoms with E-state index in [1.165, 1.54) is 59.7 Å². The van der Waals surface area contributed by atoms with Gasteiger partial charge in [-0.1, -0.05) is 77.3 Å². The van der Waals surface area contributed by atoms with Crippen molar-refractivity contribution in [2.75, 3.05) is 12.9 Å². The Labute approximate surface area is 220 Å². The molecule has 3 aromatic carbocycles. The standard InChI is InChI=1S/C25H22N4O4S3/c1-16(30)33-21-11-10-17(12-22(21)32-2)13-26-27-23(31)15-35-25-29-28-24(36-25)34-14-19-8-5-7-18-6-3-4-9-20(18)19/h3-13H,14-15H2,1-2H3,(H,27,31)/b26-13-. The third-order valence-corrected chi connectivity index (χ3v) is 8.03. The monoisotopic (exact) mass is 538 g/mol. The minimum absolute atomic E-state index is 0.161. The number of hydrogen-bond acceptors (Lipinski definition) is 10. The molecule has 0 fully saturated rings. The summed E-state index contributed by atoms with van der Waals surface area (Å²) in [5.41, 5.74) is 4.41. The molecular weight excluding hydrogens is 517 g/mol. The van der Waals surface area contributed by atoms with Crippen LogP contribution < -0.4 is 14.9 Å². The number of carbonyl (C=O) groups excluding carboxylic acids is 2. The maximum absolute atomic E-state index is 12.2. The molecule has 0 aliphatic rings. The number of rotatable bonds is 10. The van der Waals surface area contributed by atoms with E-state index >= 15 is 0 Å². The molecule has 1 amide bonds. The molecule has 4 rings (SSSR count). The van der Waals surface area contributed by atoms with Crippen molar-refractivity contribution in [1.29, 1.82) is 0 Å². The molecule has 0 aliphatic heterocycles. The van der Waals surface area contributed by atoms with E-state index in [-0.39, 0.29) is 11.7 Å². The Hall–Kier alpha value is -3.41. The van der Waals surface area contributed by atoms with Crippen LogP contribution in [0.4, 0.5) is 0 Å². The minimum Gasteiger partial charge on any atom is -0.493 e. The molecule has 11 heteroatoms. The van der Waals surface area contributed by atoms with Gasteiger partial charge in [0.25, 0.3) is 5.91 Å². The zero-order valence-corrected chi connectivity index (χ0v) is 21.9.